The van der Waals surface area contributed by atoms with Crippen LogP contribution in [0.5, 0.6) is 0 Å². The van der Waals surface area contributed by atoms with E-state index in [1.54, 1.807) is 0 Å². The van der Waals surface area contributed by atoms with Gasteiger partial charge in [0.15, 0.2) is 0 Å². The van der Waals surface area contributed by atoms with Gasteiger partial charge in [-0.15, -0.1) is 0 Å². The Balaban J connectivity index is 1.91. The molecule has 1 saturated carbocycles. The fraction of sp³-hybridized carbons (Fsp3) is 0.300. The van der Waals surface area contributed by atoms with Crippen LogP contribution >= 0.6 is 0 Å². The maximum absolute atomic E-state index is 12.0. The van der Waals surface area contributed by atoms with Crippen LogP contribution in [0.25, 0.3) is 0 Å². The lowest BCUT2D eigenvalue weighted by molar-refractivity contribution is -0.134. The van der Waals surface area contributed by atoms with E-state index in [9.17, 15) is 9.59 Å². The smallest absolute Gasteiger partial charge is 0.140 e. The van der Waals surface area contributed by atoms with Gasteiger partial charge in [-0.05, 0) is 29.4 Å². The summed E-state index contributed by atoms with van der Waals surface area (Å²) >= 11 is 0. The average molecular weight is 292 g/mol. The van der Waals surface area contributed by atoms with Gasteiger partial charge in [0.2, 0.25) is 0 Å². The van der Waals surface area contributed by atoms with E-state index in [4.69, 9.17) is 0 Å². The summed E-state index contributed by atoms with van der Waals surface area (Å²) in [6.45, 7) is 0. The number of carbonyl (C=O) groups is 2. The zero-order valence-corrected chi connectivity index (χ0v) is 12.6. The molecule has 0 bridgehead atoms. The van der Waals surface area contributed by atoms with E-state index in [2.05, 4.69) is 24.3 Å². The average Bonchev–Trinajstić information content (AvgIpc) is 2.47. The lowest BCUT2D eigenvalue weighted by atomic mass is 9.66. The molecule has 2 aromatic rings. The summed E-state index contributed by atoms with van der Waals surface area (Å²) in [7, 11) is 0. The van der Waals surface area contributed by atoms with Gasteiger partial charge in [-0.2, -0.15) is 0 Å². The standard InChI is InChI=1S/C20H20O2/c21-18-11-19(22)15-20(14-18,12-16-7-3-1-4-8-16)13-17-9-5-2-6-10-17/h1-10H,11-15H2. The minimum atomic E-state index is -0.269. The Bertz CT molecular complexity index is 599. The van der Waals surface area contributed by atoms with Crippen molar-refractivity contribution < 1.29 is 9.59 Å². The SMILES string of the molecule is O=C1CC(=O)CC(Cc2ccccc2)(Cc2ccccc2)C1. The molecule has 0 aromatic heterocycles. The second kappa shape index (κ2) is 6.27. The molecule has 0 spiro atoms. The molecule has 112 valence electrons. The van der Waals surface area contributed by atoms with E-state index >= 15 is 0 Å². The van der Waals surface area contributed by atoms with Crippen molar-refractivity contribution in [3.8, 4) is 0 Å². The molecule has 0 unspecified atom stereocenters. The lowest BCUT2D eigenvalue weighted by Crippen LogP contribution is -2.37. The predicted octanol–water partition coefficient (Wildman–Crippen LogP) is 3.78. The minimum absolute atomic E-state index is 0.0862. The third kappa shape index (κ3) is 3.51. The molecule has 0 aliphatic heterocycles. The fourth-order valence-electron chi connectivity index (χ4n) is 3.61. The first-order chi connectivity index (χ1) is 10.7. The minimum Gasteiger partial charge on any atom is -0.299 e. The molecule has 2 nitrogen and oxygen atoms in total. The molecule has 0 N–H and O–H groups in total. The summed E-state index contributed by atoms with van der Waals surface area (Å²) in [6, 6.07) is 20.3. The van der Waals surface area contributed by atoms with Crippen LogP contribution in [0, 0.1) is 5.41 Å². The van der Waals surface area contributed by atoms with Crippen molar-refractivity contribution in [1.29, 1.82) is 0 Å². The van der Waals surface area contributed by atoms with Crippen LogP contribution in [-0.4, -0.2) is 11.6 Å². The summed E-state index contributed by atoms with van der Waals surface area (Å²) in [6.07, 6.45) is 2.68. The predicted molar refractivity (Wildman–Crippen MR) is 86.6 cm³/mol. The highest BCUT2D eigenvalue weighted by Crippen LogP contribution is 2.39. The van der Waals surface area contributed by atoms with Crippen LogP contribution in [-0.2, 0) is 22.4 Å². The van der Waals surface area contributed by atoms with Crippen molar-refractivity contribution in [2.24, 2.45) is 5.41 Å². The van der Waals surface area contributed by atoms with Crippen molar-refractivity contribution in [2.45, 2.75) is 32.1 Å². The summed E-state index contributed by atoms with van der Waals surface area (Å²) in [5.41, 5.74) is 2.12. The number of Topliss-reactive ketones (excluding diaryl/α,β-unsaturated/α-hetero) is 2. The highest BCUT2D eigenvalue weighted by Gasteiger charge is 2.39. The number of ketones is 2. The molecule has 0 amide bonds. The molecule has 22 heavy (non-hydrogen) atoms. The Morgan fingerprint density at radius 1 is 0.682 bits per heavy atom. The second-order valence-corrected chi connectivity index (χ2v) is 6.43. The van der Waals surface area contributed by atoms with Gasteiger partial charge in [-0.3, -0.25) is 9.59 Å². The molecule has 1 aliphatic rings. The van der Waals surface area contributed by atoms with Crippen molar-refractivity contribution in [1.82, 2.24) is 0 Å². The number of benzene rings is 2. The van der Waals surface area contributed by atoms with Crippen LogP contribution in [0.3, 0.4) is 0 Å². The molecule has 2 heteroatoms. The van der Waals surface area contributed by atoms with Gasteiger partial charge in [0.05, 0.1) is 6.42 Å². The Labute approximate surface area is 131 Å². The molecule has 0 radical (unpaired) electrons. The summed E-state index contributed by atoms with van der Waals surface area (Å²) in [4.78, 5) is 24.1. The maximum Gasteiger partial charge on any atom is 0.140 e. The number of carbonyl (C=O) groups excluding carboxylic acids is 2. The maximum atomic E-state index is 12.0. The van der Waals surface area contributed by atoms with E-state index < -0.39 is 0 Å². The van der Waals surface area contributed by atoms with Crippen LogP contribution in [0.4, 0.5) is 0 Å². The molecular weight excluding hydrogens is 272 g/mol. The topological polar surface area (TPSA) is 34.1 Å². The van der Waals surface area contributed by atoms with Gasteiger partial charge in [-0.1, -0.05) is 60.7 Å². The Kier molecular flexibility index (Phi) is 4.19. The molecule has 1 fully saturated rings. The van der Waals surface area contributed by atoms with Gasteiger partial charge < -0.3 is 0 Å². The highest BCUT2D eigenvalue weighted by atomic mass is 16.1. The number of rotatable bonds is 4. The van der Waals surface area contributed by atoms with Gasteiger partial charge in [0.25, 0.3) is 0 Å². The third-order valence-electron chi connectivity index (χ3n) is 4.38. The first-order valence-electron chi connectivity index (χ1n) is 7.77. The van der Waals surface area contributed by atoms with Crippen molar-refractivity contribution >= 4 is 11.6 Å². The van der Waals surface area contributed by atoms with E-state index in [0.717, 1.165) is 12.8 Å². The monoisotopic (exact) mass is 292 g/mol. The summed E-state index contributed by atoms with van der Waals surface area (Å²) < 4.78 is 0. The molecule has 2 aromatic carbocycles. The fourth-order valence-corrected chi connectivity index (χ4v) is 3.61. The van der Waals surface area contributed by atoms with Crippen molar-refractivity contribution in [3.63, 3.8) is 0 Å². The first kappa shape index (κ1) is 14.7. The van der Waals surface area contributed by atoms with Gasteiger partial charge in [0.1, 0.15) is 11.6 Å². The Morgan fingerprint density at radius 3 is 1.50 bits per heavy atom. The lowest BCUT2D eigenvalue weighted by Gasteiger charge is -2.36. The molecule has 0 heterocycles. The first-order valence-corrected chi connectivity index (χ1v) is 7.77. The van der Waals surface area contributed by atoms with Gasteiger partial charge >= 0.3 is 0 Å². The van der Waals surface area contributed by atoms with E-state index in [0.29, 0.717) is 12.8 Å². The quantitative estimate of drug-likeness (QED) is 0.804. The van der Waals surface area contributed by atoms with Crippen molar-refractivity contribution in [2.75, 3.05) is 0 Å². The van der Waals surface area contributed by atoms with E-state index in [1.807, 2.05) is 36.4 Å². The van der Waals surface area contributed by atoms with Crippen LogP contribution in [0.15, 0.2) is 60.7 Å². The van der Waals surface area contributed by atoms with Gasteiger partial charge in [0, 0.05) is 12.8 Å². The normalized spacial score (nSPS) is 17.5. The molecular formula is C20H20O2. The van der Waals surface area contributed by atoms with E-state index in [1.165, 1.54) is 11.1 Å². The molecule has 0 saturated heterocycles. The number of hydrogen-bond acceptors (Lipinski definition) is 2. The largest absolute Gasteiger partial charge is 0.299 e. The van der Waals surface area contributed by atoms with Crippen LogP contribution < -0.4 is 0 Å². The summed E-state index contributed by atoms with van der Waals surface area (Å²) in [5.74, 6) is 0.172. The Morgan fingerprint density at radius 2 is 1.09 bits per heavy atom. The molecule has 3 rings (SSSR count). The highest BCUT2D eigenvalue weighted by molar-refractivity contribution is 6.02. The zero-order valence-electron chi connectivity index (χ0n) is 12.6. The third-order valence-corrected chi connectivity index (χ3v) is 4.38. The second-order valence-electron chi connectivity index (χ2n) is 6.43. The van der Waals surface area contributed by atoms with Crippen molar-refractivity contribution in [3.05, 3.63) is 71.8 Å². The zero-order chi connectivity index (χ0) is 15.4. The molecule has 0 atom stereocenters. The van der Waals surface area contributed by atoms with Crippen LogP contribution in [0.2, 0.25) is 0 Å². The van der Waals surface area contributed by atoms with E-state index in [-0.39, 0.29) is 23.4 Å². The summed E-state index contributed by atoms with van der Waals surface area (Å²) in [5, 5.41) is 0. The van der Waals surface area contributed by atoms with Gasteiger partial charge in [-0.25, -0.2) is 0 Å². The molecule has 1 aliphatic carbocycles. The Hall–Kier alpha value is -2.22. The number of hydrogen-bond donors (Lipinski definition) is 0. The van der Waals surface area contributed by atoms with Crippen LogP contribution in [0.1, 0.15) is 30.4 Å².